The van der Waals surface area contributed by atoms with Gasteiger partial charge in [-0.15, -0.1) is 0 Å². The van der Waals surface area contributed by atoms with E-state index in [1.54, 1.807) is 24.4 Å². The lowest BCUT2D eigenvalue weighted by Crippen LogP contribution is -2.48. The number of carbonyl (C=O) groups is 4. The van der Waals surface area contributed by atoms with E-state index in [9.17, 15) is 19.2 Å². The Kier molecular flexibility index (Phi) is 9.78. The number of aromatic nitrogens is 2. The van der Waals surface area contributed by atoms with E-state index in [2.05, 4.69) is 47.9 Å². The van der Waals surface area contributed by atoms with Gasteiger partial charge in [-0.05, 0) is 92.1 Å². The molecule has 8 rings (SSSR count). The van der Waals surface area contributed by atoms with Gasteiger partial charge in [0, 0.05) is 98.1 Å². The van der Waals surface area contributed by atoms with Crippen LogP contribution in [0.2, 0.25) is 0 Å². The topological polar surface area (TPSA) is 140 Å². The van der Waals surface area contributed by atoms with Gasteiger partial charge >= 0.3 is 0 Å². The van der Waals surface area contributed by atoms with Crippen LogP contribution in [0, 0.1) is 11.7 Å². The normalized spacial score (nSPS) is 22.2. The molecule has 12 heteroatoms. The minimum Gasteiger partial charge on any atom is -0.369 e. The quantitative estimate of drug-likeness (QED) is 0.192. The highest BCUT2D eigenvalue weighted by Crippen LogP contribution is 2.31. The maximum absolute atomic E-state index is 15.4. The van der Waals surface area contributed by atoms with Crippen molar-refractivity contribution in [2.24, 2.45) is 5.92 Å². The van der Waals surface area contributed by atoms with Gasteiger partial charge in [-0.2, -0.15) is 0 Å². The molecule has 274 valence electrons. The molecule has 4 amide bonds. The van der Waals surface area contributed by atoms with E-state index in [0.29, 0.717) is 42.1 Å². The maximum Gasteiger partial charge on any atom is 0.253 e. The predicted molar refractivity (Wildman–Crippen MR) is 199 cm³/mol. The van der Waals surface area contributed by atoms with Crippen molar-refractivity contribution in [2.75, 3.05) is 44.2 Å². The van der Waals surface area contributed by atoms with Gasteiger partial charge in [-0.1, -0.05) is 12.1 Å². The summed E-state index contributed by atoms with van der Waals surface area (Å²) in [6, 6.07) is 18.2. The fourth-order valence-corrected chi connectivity index (χ4v) is 8.30. The molecule has 3 fully saturated rings. The van der Waals surface area contributed by atoms with E-state index in [0.717, 1.165) is 93.0 Å². The Morgan fingerprint density at radius 1 is 0.868 bits per heavy atom. The Morgan fingerprint density at radius 3 is 2.40 bits per heavy atom. The molecule has 2 aromatic carbocycles. The third kappa shape index (κ3) is 7.59. The van der Waals surface area contributed by atoms with Crippen molar-refractivity contribution < 1.29 is 23.6 Å². The molecule has 4 N–H and O–H groups in total. The smallest absolute Gasteiger partial charge is 0.253 e. The van der Waals surface area contributed by atoms with E-state index in [-0.39, 0.29) is 41.2 Å². The third-order valence-corrected chi connectivity index (χ3v) is 11.4. The first-order valence-electron chi connectivity index (χ1n) is 18.8. The number of amides is 4. The van der Waals surface area contributed by atoms with Crippen LogP contribution in [0.3, 0.4) is 0 Å². The molecule has 0 bridgehead atoms. The number of pyridine rings is 1. The van der Waals surface area contributed by atoms with Crippen LogP contribution in [0.15, 0.2) is 66.9 Å². The molecule has 2 saturated heterocycles. The summed E-state index contributed by atoms with van der Waals surface area (Å²) < 4.78 is 15.4. The van der Waals surface area contributed by atoms with Crippen LogP contribution in [0.25, 0.3) is 22.5 Å². The fourth-order valence-electron chi connectivity index (χ4n) is 8.30. The lowest BCUT2D eigenvalue weighted by atomic mass is 9.85. The first-order valence-corrected chi connectivity index (χ1v) is 18.8. The largest absolute Gasteiger partial charge is 0.369 e. The Bertz CT molecular complexity index is 2030. The summed E-state index contributed by atoms with van der Waals surface area (Å²) in [5, 5.41) is 8.44. The number of benzene rings is 2. The number of carbonyl (C=O) groups excluding carboxylic acids is 4. The molecular weight excluding hydrogens is 673 g/mol. The van der Waals surface area contributed by atoms with Crippen LogP contribution in [0.1, 0.15) is 76.4 Å². The summed E-state index contributed by atoms with van der Waals surface area (Å²) in [4.78, 5) is 61.8. The van der Waals surface area contributed by atoms with Gasteiger partial charge < -0.3 is 20.5 Å². The van der Waals surface area contributed by atoms with Crippen molar-refractivity contribution in [3.63, 3.8) is 0 Å². The van der Waals surface area contributed by atoms with Crippen molar-refractivity contribution in [3.8, 4) is 22.5 Å². The zero-order valence-corrected chi connectivity index (χ0v) is 29.6. The molecule has 2 aromatic heterocycles. The second-order valence-corrected chi connectivity index (χ2v) is 14.8. The van der Waals surface area contributed by atoms with Crippen molar-refractivity contribution in [1.82, 2.24) is 30.8 Å². The van der Waals surface area contributed by atoms with Crippen LogP contribution < -0.4 is 20.9 Å². The Morgan fingerprint density at radius 2 is 1.66 bits per heavy atom. The number of hydrogen-bond donors (Lipinski definition) is 4. The average Bonchev–Trinajstić information content (AvgIpc) is 3.62. The number of H-pyrrole nitrogens is 1. The second-order valence-electron chi connectivity index (χ2n) is 14.8. The average molecular weight is 718 g/mol. The van der Waals surface area contributed by atoms with E-state index in [1.807, 2.05) is 24.3 Å². The van der Waals surface area contributed by atoms with Crippen LogP contribution >= 0.6 is 0 Å². The summed E-state index contributed by atoms with van der Waals surface area (Å²) in [5.74, 6) is -0.965. The van der Waals surface area contributed by atoms with Crippen LogP contribution in [0.4, 0.5) is 10.1 Å². The van der Waals surface area contributed by atoms with Gasteiger partial charge in [-0.25, -0.2) is 4.39 Å². The molecule has 0 spiro atoms. The number of nitrogens with zero attached hydrogens (tertiary/aromatic N) is 3. The summed E-state index contributed by atoms with van der Waals surface area (Å²) >= 11 is 0. The molecular formula is C41H44FN7O4. The Balaban J connectivity index is 0.795. The van der Waals surface area contributed by atoms with Gasteiger partial charge in [0.25, 0.3) is 11.8 Å². The maximum atomic E-state index is 15.4. The lowest BCUT2D eigenvalue weighted by molar-refractivity contribution is -0.134. The van der Waals surface area contributed by atoms with E-state index >= 15 is 4.39 Å². The lowest BCUT2D eigenvalue weighted by Gasteiger charge is -2.39. The number of anilines is 1. The summed E-state index contributed by atoms with van der Waals surface area (Å²) in [7, 11) is 0. The van der Waals surface area contributed by atoms with Gasteiger partial charge in [0.2, 0.25) is 11.8 Å². The fraction of sp³-hybridized carbons (Fsp3) is 0.390. The summed E-state index contributed by atoms with van der Waals surface area (Å²) in [6.07, 6.45) is 7.16. The number of fused-ring (bicyclic) bond motifs is 1. The van der Waals surface area contributed by atoms with Gasteiger partial charge in [0.05, 0.1) is 17.2 Å². The van der Waals surface area contributed by atoms with Gasteiger partial charge in [0.15, 0.2) is 0 Å². The highest BCUT2D eigenvalue weighted by molar-refractivity contribution is 6.01. The molecule has 5 heterocycles. The zero-order valence-electron chi connectivity index (χ0n) is 29.6. The van der Waals surface area contributed by atoms with E-state index in [4.69, 9.17) is 0 Å². The minimum atomic E-state index is -0.513. The van der Waals surface area contributed by atoms with E-state index < -0.39 is 5.82 Å². The van der Waals surface area contributed by atoms with Gasteiger partial charge in [-0.3, -0.25) is 34.4 Å². The number of imide groups is 1. The number of halogens is 1. The molecule has 1 atom stereocenters. The zero-order chi connectivity index (χ0) is 36.5. The monoisotopic (exact) mass is 717 g/mol. The summed E-state index contributed by atoms with van der Waals surface area (Å²) in [5.41, 5.74) is 6.24. The molecule has 4 aromatic rings. The van der Waals surface area contributed by atoms with Crippen LogP contribution in [0.5, 0.6) is 0 Å². The molecule has 3 aliphatic heterocycles. The van der Waals surface area contributed by atoms with Crippen molar-refractivity contribution in [2.45, 2.75) is 56.9 Å². The first-order chi connectivity index (χ1) is 25.8. The summed E-state index contributed by atoms with van der Waals surface area (Å²) in [6.45, 7) is 5.49. The number of aromatic amines is 1. The number of rotatable bonds is 8. The van der Waals surface area contributed by atoms with Crippen molar-refractivity contribution in [1.29, 1.82) is 0 Å². The number of hydrogen-bond acceptors (Lipinski definition) is 7. The first kappa shape index (κ1) is 34.7. The standard InChI is InChI=1S/C41H44FN7O4/c42-34-21-28(5-10-32(34)37-22-27(13-15-43-37)36-23-33-35(46-36)14-16-44-40(33)52)39(51)45-29-6-1-25(2-7-29)24-48-17-19-49(20-18-48)30-8-3-26(4-9-30)31-11-12-38(50)47-41(31)53/h3-5,8-10,13,15,21-23,25,29,31,46H,1-2,6-7,11-12,14,16-20,24H2,(H,44,52)(H,45,51)(H,47,50,53). The minimum absolute atomic E-state index is 0.0635. The van der Waals surface area contributed by atoms with Crippen LogP contribution in [-0.4, -0.2) is 83.8 Å². The van der Waals surface area contributed by atoms with Crippen molar-refractivity contribution >= 4 is 29.3 Å². The molecule has 1 saturated carbocycles. The third-order valence-electron chi connectivity index (χ3n) is 11.4. The molecule has 4 aliphatic rings. The van der Waals surface area contributed by atoms with E-state index in [1.165, 1.54) is 6.07 Å². The highest BCUT2D eigenvalue weighted by Gasteiger charge is 2.29. The number of nitrogens with one attached hydrogen (secondary N) is 4. The molecule has 0 radical (unpaired) electrons. The number of piperazine rings is 1. The SMILES string of the molecule is O=C1CCC(c2ccc(N3CCN(CC4CCC(NC(=O)c5ccc(-c6cc(-c7cc8c([nH]7)CCNC8=O)ccn6)c(F)c5)CC4)CC3)cc2)C(=O)N1. The Hall–Kier alpha value is -5.36. The molecule has 1 unspecified atom stereocenters. The Labute approximate surface area is 307 Å². The number of piperidine rings is 1. The van der Waals surface area contributed by atoms with Crippen molar-refractivity contribution in [3.05, 3.63) is 95.1 Å². The molecule has 11 nitrogen and oxygen atoms in total. The highest BCUT2D eigenvalue weighted by atomic mass is 19.1. The second kappa shape index (κ2) is 14.9. The molecule has 1 aliphatic carbocycles. The van der Waals surface area contributed by atoms with Gasteiger partial charge in [0.1, 0.15) is 5.82 Å². The van der Waals surface area contributed by atoms with Crippen LogP contribution in [-0.2, 0) is 16.0 Å². The predicted octanol–water partition coefficient (Wildman–Crippen LogP) is 4.80. The molecule has 53 heavy (non-hydrogen) atoms.